The van der Waals surface area contributed by atoms with Gasteiger partial charge in [0.25, 0.3) is 0 Å². The molecule has 0 spiro atoms. The minimum atomic E-state index is -0.162. The molecule has 0 aliphatic heterocycles. The van der Waals surface area contributed by atoms with Gasteiger partial charge in [-0.25, -0.2) is 0 Å². The van der Waals surface area contributed by atoms with Gasteiger partial charge in [0, 0.05) is 0 Å². The Morgan fingerprint density at radius 2 is 1.75 bits per heavy atom. The first kappa shape index (κ1) is 14.7. The third-order valence-corrected chi connectivity index (χ3v) is 3.48. The van der Waals surface area contributed by atoms with Gasteiger partial charge in [-0.2, -0.15) is 0 Å². The molecular weight excluding hydrogens is 256 g/mol. The number of esters is 1. The largest absolute Gasteiger partial charge is 0.497 e. The molecule has 1 saturated carbocycles. The minimum absolute atomic E-state index is 0.122. The Morgan fingerprint density at radius 3 is 2.40 bits per heavy atom. The highest BCUT2D eigenvalue weighted by atomic mass is 16.5. The maximum absolute atomic E-state index is 11.7. The van der Waals surface area contributed by atoms with Crippen LogP contribution >= 0.6 is 0 Å². The number of methoxy groups -OCH3 is 1. The van der Waals surface area contributed by atoms with E-state index in [1.54, 1.807) is 7.11 Å². The molecule has 110 valence electrons. The zero-order valence-electron chi connectivity index (χ0n) is 12.0. The van der Waals surface area contributed by atoms with Gasteiger partial charge >= 0.3 is 5.97 Å². The summed E-state index contributed by atoms with van der Waals surface area (Å²) in [5.74, 6) is 1.36. The number of ether oxygens (including phenoxy) is 3. The Morgan fingerprint density at radius 1 is 1.10 bits per heavy atom. The molecular formula is C16H22O4. The molecule has 2 rings (SSSR count). The van der Waals surface area contributed by atoms with Crippen LogP contribution < -0.4 is 9.47 Å². The molecule has 1 aromatic rings. The van der Waals surface area contributed by atoms with Crippen LogP contribution in [0, 0.1) is 0 Å². The number of carbonyl (C=O) groups is 1. The highest BCUT2D eigenvalue weighted by Crippen LogP contribution is 2.21. The van der Waals surface area contributed by atoms with Crippen LogP contribution in [0.1, 0.15) is 38.5 Å². The number of hydrogen-bond acceptors (Lipinski definition) is 4. The van der Waals surface area contributed by atoms with Crippen LogP contribution in [0.4, 0.5) is 0 Å². The van der Waals surface area contributed by atoms with Gasteiger partial charge in [0.2, 0.25) is 0 Å². The van der Waals surface area contributed by atoms with Crippen molar-refractivity contribution >= 4 is 5.97 Å². The Kier molecular flexibility index (Phi) is 5.71. The van der Waals surface area contributed by atoms with Crippen LogP contribution in [0.5, 0.6) is 11.5 Å². The molecule has 0 radical (unpaired) electrons. The summed E-state index contributed by atoms with van der Waals surface area (Å²) >= 11 is 0. The van der Waals surface area contributed by atoms with Crippen LogP contribution in [0.15, 0.2) is 24.3 Å². The van der Waals surface area contributed by atoms with Crippen LogP contribution in [-0.4, -0.2) is 25.8 Å². The Labute approximate surface area is 120 Å². The number of carbonyl (C=O) groups excluding carboxylic acids is 1. The number of benzene rings is 1. The second kappa shape index (κ2) is 7.78. The molecule has 4 heteroatoms. The standard InChI is InChI=1S/C16H22O4/c1-18-13-7-9-14(10-8-13)19-12-11-16(17)20-15-5-3-2-4-6-15/h7-10,15H,2-6,11-12H2,1H3. The number of hydrogen-bond donors (Lipinski definition) is 0. The topological polar surface area (TPSA) is 44.8 Å². The first-order valence-corrected chi connectivity index (χ1v) is 7.24. The second-order valence-corrected chi connectivity index (χ2v) is 5.02. The van der Waals surface area contributed by atoms with E-state index in [1.165, 1.54) is 19.3 Å². The predicted molar refractivity (Wildman–Crippen MR) is 76.1 cm³/mol. The van der Waals surface area contributed by atoms with E-state index in [0.717, 1.165) is 24.3 Å². The third-order valence-electron chi connectivity index (χ3n) is 3.48. The highest BCUT2D eigenvalue weighted by molar-refractivity contribution is 5.69. The van der Waals surface area contributed by atoms with E-state index < -0.39 is 0 Å². The van der Waals surface area contributed by atoms with Crippen LogP contribution in [0.3, 0.4) is 0 Å². The number of rotatable bonds is 6. The molecule has 1 aliphatic carbocycles. The van der Waals surface area contributed by atoms with E-state index in [2.05, 4.69) is 0 Å². The zero-order valence-corrected chi connectivity index (χ0v) is 12.0. The normalized spacial score (nSPS) is 15.7. The van der Waals surface area contributed by atoms with Crippen LogP contribution in [0.2, 0.25) is 0 Å². The van der Waals surface area contributed by atoms with Gasteiger partial charge in [-0.3, -0.25) is 4.79 Å². The molecule has 1 aliphatic rings. The van der Waals surface area contributed by atoms with Gasteiger partial charge in [0.05, 0.1) is 20.1 Å². The molecule has 1 fully saturated rings. The first-order chi connectivity index (χ1) is 9.78. The summed E-state index contributed by atoms with van der Waals surface area (Å²) in [7, 11) is 1.62. The Bertz CT molecular complexity index is 407. The maximum Gasteiger partial charge on any atom is 0.309 e. The summed E-state index contributed by atoms with van der Waals surface area (Å²) in [5, 5.41) is 0. The van der Waals surface area contributed by atoms with Crippen molar-refractivity contribution in [2.45, 2.75) is 44.6 Å². The molecule has 1 aromatic carbocycles. The van der Waals surface area contributed by atoms with Crippen molar-refractivity contribution in [2.24, 2.45) is 0 Å². The molecule has 0 N–H and O–H groups in total. The van der Waals surface area contributed by atoms with Gasteiger partial charge in [-0.05, 0) is 49.9 Å². The summed E-state index contributed by atoms with van der Waals surface area (Å²) in [6, 6.07) is 7.31. The SMILES string of the molecule is COc1ccc(OCCC(=O)OC2CCCCC2)cc1. The van der Waals surface area contributed by atoms with E-state index in [0.29, 0.717) is 13.0 Å². The molecule has 4 nitrogen and oxygen atoms in total. The van der Waals surface area contributed by atoms with Crippen molar-refractivity contribution in [1.82, 2.24) is 0 Å². The highest BCUT2D eigenvalue weighted by Gasteiger charge is 2.17. The lowest BCUT2D eigenvalue weighted by Gasteiger charge is -2.21. The molecule has 0 bridgehead atoms. The van der Waals surface area contributed by atoms with Gasteiger partial charge in [-0.15, -0.1) is 0 Å². The summed E-state index contributed by atoms with van der Waals surface area (Å²) in [6.07, 6.45) is 6.02. The maximum atomic E-state index is 11.7. The second-order valence-electron chi connectivity index (χ2n) is 5.02. The summed E-state index contributed by atoms with van der Waals surface area (Å²) in [4.78, 5) is 11.7. The van der Waals surface area contributed by atoms with Crippen molar-refractivity contribution < 1.29 is 19.0 Å². The van der Waals surface area contributed by atoms with E-state index in [1.807, 2.05) is 24.3 Å². The summed E-state index contributed by atoms with van der Waals surface area (Å²) in [5.41, 5.74) is 0. The zero-order chi connectivity index (χ0) is 14.2. The van der Waals surface area contributed by atoms with E-state index in [9.17, 15) is 4.79 Å². The fraction of sp³-hybridized carbons (Fsp3) is 0.562. The van der Waals surface area contributed by atoms with E-state index in [-0.39, 0.29) is 12.1 Å². The average Bonchev–Trinajstić information content (AvgIpc) is 2.49. The average molecular weight is 278 g/mol. The van der Waals surface area contributed by atoms with Crippen molar-refractivity contribution in [3.05, 3.63) is 24.3 Å². The quantitative estimate of drug-likeness (QED) is 0.749. The predicted octanol–water partition coefficient (Wildman–Crippen LogP) is 3.34. The fourth-order valence-electron chi connectivity index (χ4n) is 2.35. The van der Waals surface area contributed by atoms with Crippen molar-refractivity contribution in [3.63, 3.8) is 0 Å². The molecule has 0 atom stereocenters. The van der Waals surface area contributed by atoms with Crippen molar-refractivity contribution in [2.75, 3.05) is 13.7 Å². The molecule has 0 unspecified atom stereocenters. The molecule has 0 saturated heterocycles. The van der Waals surface area contributed by atoms with E-state index in [4.69, 9.17) is 14.2 Å². The lowest BCUT2D eigenvalue weighted by Crippen LogP contribution is -2.21. The van der Waals surface area contributed by atoms with Crippen molar-refractivity contribution in [3.8, 4) is 11.5 Å². The lowest BCUT2D eigenvalue weighted by molar-refractivity contribution is -0.151. The molecule has 0 aromatic heterocycles. The Hall–Kier alpha value is -1.71. The summed E-state index contributed by atoms with van der Waals surface area (Å²) < 4.78 is 16.0. The third kappa shape index (κ3) is 4.76. The summed E-state index contributed by atoms with van der Waals surface area (Å²) in [6.45, 7) is 0.345. The smallest absolute Gasteiger partial charge is 0.309 e. The minimum Gasteiger partial charge on any atom is -0.497 e. The van der Waals surface area contributed by atoms with Gasteiger partial charge in [0.15, 0.2) is 0 Å². The van der Waals surface area contributed by atoms with E-state index >= 15 is 0 Å². The molecule has 20 heavy (non-hydrogen) atoms. The Balaban J connectivity index is 1.65. The van der Waals surface area contributed by atoms with Gasteiger partial charge in [-0.1, -0.05) is 6.42 Å². The van der Waals surface area contributed by atoms with Crippen LogP contribution in [-0.2, 0) is 9.53 Å². The monoisotopic (exact) mass is 278 g/mol. The lowest BCUT2D eigenvalue weighted by atomic mass is 9.98. The molecule has 0 amide bonds. The van der Waals surface area contributed by atoms with Gasteiger partial charge in [0.1, 0.15) is 17.6 Å². The van der Waals surface area contributed by atoms with Crippen LogP contribution in [0.25, 0.3) is 0 Å². The van der Waals surface area contributed by atoms with Crippen molar-refractivity contribution in [1.29, 1.82) is 0 Å². The first-order valence-electron chi connectivity index (χ1n) is 7.24. The van der Waals surface area contributed by atoms with Gasteiger partial charge < -0.3 is 14.2 Å². The fourth-order valence-corrected chi connectivity index (χ4v) is 2.35. The molecule has 0 heterocycles.